The van der Waals surface area contributed by atoms with Crippen LogP contribution in [0.15, 0.2) is 30.5 Å². The fourth-order valence-electron chi connectivity index (χ4n) is 3.58. The van der Waals surface area contributed by atoms with Crippen molar-refractivity contribution >= 4 is 58.1 Å². The second-order valence-corrected chi connectivity index (χ2v) is 10.4. The minimum absolute atomic E-state index is 0.270. The molecule has 198 valence electrons. The van der Waals surface area contributed by atoms with Crippen LogP contribution in [0, 0.1) is 0 Å². The Kier molecular flexibility index (Phi) is 12.1. The number of nitrogens with two attached hydrogens (primary N) is 1. The Morgan fingerprint density at radius 2 is 1.56 bits per heavy atom. The Bertz CT molecular complexity index is 1050. The minimum atomic E-state index is -1.13. The molecule has 2 aromatic rings. The van der Waals surface area contributed by atoms with Crippen molar-refractivity contribution in [1.82, 2.24) is 20.9 Å². The monoisotopic (exact) mass is 537 g/mol. The van der Waals surface area contributed by atoms with E-state index in [2.05, 4.69) is 20.9 Å². The smallest absolute Gasteiger partial charge is 0.326 e. The number of carboxylic acid groups (broad SMARTS) is 1. The van der Waals surface area contributed by atoms with Gasteiger partial charge < -0.3 is 31.8 Å². The molecule has 3 amide bonds. The minimum Gasteiger partial charge on any atom is -0.480 e. The maximum atomic E-state index is 12.8. The third-order valence-electron chi connectivity index (χ3n) is 5.67. The van der Waals surface area contributed by atoms with E-state index in [9.17, 15) is 24.3 Å². The van der Waals surface area contributed by atoms with Crippen molar-refractivity contribution in [3.05, 3.63) is 36.0 Å². The van der Waals surface area contributed by atoms with Gasteiger partial charge in [-0.25, -0.2) is 4.79 Å². The zero-order valence-electron chi connectivity index (χ0n) is 20.7. The maximum absolute atomic E-state index is 12.8. The number of nitrogens with one attached hydrogen (secondary N) is 4. The molecule has 0 aliphatic heterocycles. The van der Waals surface area contributed by atoms with E-state index in [4.69, 9.17) is 5.73 Å². The number of rotatable bonds is 15. The van der Waals surface area contributed by atoms with Crippen LogP contribution in [0.5, 0.6) is 0 Å². The van der Waals surface area contributed by atoms with Crippen LogP contribution in [0.25, 0.3) is 10.9 Å². The average molecular weight is 538 g/mol. The Balaban J connectivity index is 1.96. The number of fused-ring (bicyclic) bond motifs is 1. The molecular weight excluding hydrogens is 502 g/mol. The zero-order valence-corrected chi connectivity index (χ0v) is 22.3. The molecule has 1 aromatic heterocycles. The van der Waals surface area contributed by atoms with Crippen molar-refractivity contribution in [3.8, 4) is 0 Å². The molecule has 0 aliphatic carbocycles. The standard InChI is InChI=1S/C24H35N5O5S2/c1-14(27-22(31)17(25)12-15-13-26-18-7-5-4-6-16(15)18)21(30)28-19(8-10-35-2)23(32)29-20(24(33)34)9-11-36-3/h4-7,13-14,17,19-20,26H,8-12,25H2,1-3H3,(H,27,31)(H,28,30)(H,29,32)(H,33,34). The van der Waals surface area contributed by atoms with Gasteiger partial charge in [0.05, 0.1) is 6.04 Å². The van der Waals surface area contributed by atoms with E-state index in [1.165, 1.54) is 30.4 Å². The molecule has 1 aromatic carbocycles. The van der Waals surface area contributed by atoms with Gasteiger partial charge in [-0.3, -0.25) is 14.4 Å². The molecule has 0 aliphatic rings. The Morgan fingerprint density at radius 3 is 2.19 bits per heavy atom. The normalized spacial score (nSPS) is 14.4. The molecule has 0 bridgehead atoms. The lowest BCUT2D eigenvalue weighted by molar-refractivity contribution is -0.142. The fraction of sp³-hybridized carbons (Fsp3) is 0.500. The van der Waals surface area contributed by atoms with E-state index in [0.29, 0.717) is 17.9 Å². The molecule has 4 unspecified atom stereocenters. The lowest BCUT2D eigenvalue weighted by Gasteiger charge is -2.23. The van der Waals surface area contributed by atoms with Crippen LogP contribution in [0.4, 0.5) is 0 Å². The maximum Gasteiger partial charge on any atom is 0.326 e. The van der Waals surface area contributed by atoms with Gasteiger partial charge in [-0.1, -0.05) is 18.2 Å². The molecule has 4 atom stereocenters. The largest absolute Gasteiger partial charge is 0.480 e. The van der Waals surface area contributed by atoms with Crippen molar-refractivity contribution in [2.45, 2.75) is 50.4 Å². The second-order valence-electron chi connectivity index (χ2n) is 8.42. The average Bonchev–Trinajstić information content (AvgIpc) is 3.26. The number of carbonyl (C=O) groups is 4. The van der Waals surface area contributed by atoms with E-state index in [1.807, 2.05) is 43.0 Å². The summed E-state index contributed by atoms with van der Waals surface area (Å²) in [6, 6.07) is 3.90. The van der Waals surface area contributed by atoms with Crippen LogP contribution >= 0.6 is 23.5 Å². The van der Waals surface area contributed by atoms with Crippen molar-refractivity contribution in [3.63, 3.8) is 0 Å². The Labute approximate surface area is 219 Å². The van der Waals surface area contributed by atoms with Gasteiger partial charge >= 0.3 is 5.97 Å². The first-order valence-electron chi connectivity index (χ1n) is 11.6. The molecular formula is C24H35N5O5S2. The third kappa shape index (κ3) is 8.75. The number of thioether (sulfide) groups is 2. The van der Waals surface area contributed by atoms with Crippen LogP contribution in [0.1, 0.15) is 25.3 Å². The molecule has 7 N–H and O–H groups in total. The van der Waals surface area contributed by atoms with Crippen LogP contribution in [0.3, 0.4) is 0 Å². The van der Waals surface area contributed by atoms with E-state index < -0.39 is 47.9 Å². The summed E-state index contributed by atoms with van der Waals surface area (Å²) >= 11 is 2.98. The van der Waals surface area contributed by atoms with E-state index >= 15 is 0 Å². The Hall–Kier alpha value is -2.70. The number of hydrogen-bond donors (Lipinski definition) is 6. The van der Waals surface area contributed by atoms with Crippen molar-refractivity contribution in [1.29, 1.82) is 0 Å². The van der Waals surface area contributed by atoms with E-state index in [0.717, 1.165) is 16.5 Å². The molecule has 12 heteroatoms. The van der Waals surface area contributed by atoms with Gasteiger partial charge in [-0.2, -0.15) is 23.5 Å². The zero-order chi connectivity index (χ0) is 26.7. The highest BCUT2D eigenvalue weighted by Gasteiger charge is 2.28. The van der Waals surface area contributed by atoms with E-state index in [1.54, 1.807) is 0 Å². The summed E-state index contributed by atoms with van der Waals surface area (Å²) in [5, 5.41) is 18.1. The Morgan fingerprint density at radius 1 is 0.944 bits per heavy atom. The van der Waals surface area contributed by atoms with Crippen LogP contribution in [0.2, 0.25) is 0 Å². The summed E-state index contributed by atoms with van der Waals surface area (Å²) in [5.74, 6) is -1.59. The number of benzene rings is 1. The molecule has 0 radical (unpaired) electrons. The number of aliphatic carboxylic acids is 1. The highest BCUT2D eigenvalue weighted by molar-refractivity contribution is 7.98. The first-order chi connectivity index (χ1) is 17.2. The lowest BCUT2D eigenvalue weighted by atomic mass is 10.0. The quantitative estimate of drug-likeness (QED) is 0.196. The number of aromatic nitrogens is 1. The first-order valence-corrected chi connectivity index (χ1v) is 14.4. The molecule has 2 rings (SSSR count). The highest BCUT2D eigenvalue weighted by Crippen LogP contribution is 2.18. The summed E-state index contributed by atoms with van der Waals surface area (Å²) in [7, 11) is 0. The number of para-hydroxylation sites is 1. The van der Waals surface area contributed by atoms with Gasteiger partial charge in [0, 0.05) is 17.1 Å². The number of carboxylic acids is 1. The molecule has 0 saturated heterocycles. The second kappa shape index (κ2) is 14.8. The summed E-state index contributed by atoms with van der Waals surface area (Å²) in [6.45, 7) is 1.51. The molecule has 36 heavy (non-hydrogen) atoms. The summed E-state index contributed by atoms with van der Waals surface area (Å²) in [4.78, 5) is 52.9. The van der Waals surface area contributed by atoms with Gasteiger partial charge in [0.15, 0.2) is 0 Å². The van der Waals surface area contributed by atoms with Crippen LogP contribution in [-0.2, 0) is 25.6 Å². The number of amides is 3. The van der Waals surface area contributed by atoms with E-state index in [-0.39, 0.29) is 12.8 Å². The van der Waals surface area contributed by atoms with Gasteiger partial charge in [0.25, 0.3) is 0 Å². The molecule has 0 saturated carbocycles. The number of H-pyrrole nitrogens is 1. The topological polar surface area (TPSA) is 166 Å². The van der Waals surface area contributed by atoms with Crippen molar-refractivity contribution in [2.75, 3.05) is 24.0 Å². The van der Waals surface area contributed by atoms with Crippen molar-refractivity contribution in [2.24, 2.45) is 5.73 Å². The molecule has 0 fully saturated rings. The summed E-state index contributed by atoms with van der Waals surface area (Å²) in [5.41, 5.74) is 7.95. The number of hydrogen-bond acceptors (Lipinski definition) is 7. The summed E-state index contributed by atoms with van der Waals surface area (Å²) < 4.78 is 0. The predicted octanol–water partition coefficient (Wildman–Crippen LogP) is 1.10. The lowest BCUT2D eigenvalue weighted by Crippen LogP contribution is -2.56. The van der Waals surface area contributed by atoms with Gasteiger partial charge in [0.2, 0.25) is 17.7 Å². The number of aromatic amines is 1. The molecule has 10 nitrogen and oxygen atoms in total. The fourth-order valence-corrected chi connectivity index (χ4v) is 4.53. The van der Waals surface area contributed by atoms with Gasteiger partial charge in [-0.05, 0) is 61.8 Å². The highest BCUT2D eigenvalue weighted by atomic mass is 32.2. The molecule has 0 spiro atoms. The SMILES string of the molecule is CSCCC(NC(=O)C(CCSC)NC(=O)C(C)NC(=O)C(N)Cc1c[nH]c2ccccc12)C(=O)O. The van der Waals surface area contributed by atoms with Gasteiger partial charge in [0.1, 0.15) is 18.1 Å². The van der Waals surface area contributed by atoms with Crippen LogP contribution in [-0.4, -0.2) is 82.0 Å². The number of carbonyl (C=O) groups excluding carboxylic acids is 3. The van der Waals surface area contributed by atoms with Crippen LogP contribution < -0.4 is 21.7 Å². The predicted molar refractivity (Wildman–Crippen MR) is 145 cm³/mol. The van der Waals surface area contributed by atoms with Gasteiger partial charge in [-0.15, -0.1) is 0 Å². The summed E-state index contributed by atoms with van der Waals surface area (Å²) in [6.07, 6.45) is 6.40. The molecule has 1 heterocycles. The first kappa shape index (κ1) is 29.5. The van der Waals surface area contributed by atoms with Crippen molar-refractivity contribution < 1.29 is 24.3 Å². The third-order valence-corrected chi connectivity index (χ3v) is 6.96.